The fraction of sp³-hybridized carbons (Fsp3) is 0.481. The highest BCUT2D eigenvalue weighted by molar-refractivity contribution is 7.99. The van der Waals surface area contributed by atoms with Crippen LogP contribution in [0.3, 0.4) is 0 Å². The van der Waals surface area contributed by atoms with Crippen molar-refractivity contribution in [1.82, 2.24) is 39.9 Å². The number of aryl methyl sites for hydroxylation is 1. The van der Waals surface area contributed by atoms with Crippen LogP contribution in [0.5, 0.6) is 0 Å². The number of nitrogens with one attached hydrogen (secondary N) is 4. The van der Waals surface area contributed by atoms with Gasteiger partial charge in [0.15, 0.2) is 0 Å². The number of alkyl halides is 5. The molecule has 20 nitrogen and oxygen atoms in total. The number of piperazine rings is 2. The lowest BCUT2D eigenvalue weighted by atomic mass is 9.78. The maximum Gasteiger partial charge on any atom is 0.501 e. The van der Waals surface area contributed by atoms with Crippen LogP contribution in [0, 0.1) is 17.8 Å². The first-order valence-corrected chi connectivity index (χ1v) is 41.4. The average molecular weight is 1580 g/mol. The highest BCUT2D eigenvalue weighted by atomic mass is 35.5. The van der Waals surface area contributed by atoms with Crippen molar-refractivity contribution in [3.63, 3.8) is 0 Å². The van der Waals surface area contributed by atoms with Crippen LogP contribution < -0.4 is 25.6 Å². The van der Waals surface area contributed by atoms with E-state index in [0.29, 0.717) is 115 Å². The molecule has 0 radical (unpaired) electrons. The smallest absolute Gasteiger partial charge is 0.391 e. The number of thioether (sulfide) groups is 1. The number of carbonyl (C=O) groups is 5. The zero-order valence-corrected chi connectivity index (χ0v) is 64.5. The molecule has 1 unspecified atom stereocenters. The van der Waals surface area contributed by atoms with Crippen molar-refractivity contribution >= 4 is 101 Å². The molecule has 3 saturated heterocycles. The van der Waals surface area contributed by atoms with Gasteiger partial charge in [-0.15, -0.1) is 23.1 Å². The lowest BCUT2D eigenvalue weighted by molar-refractivity contribution is -0.144. The van der Waals surface area contributed by atoms with E-state index in [-0.39, 0.29) is 61.8 Å². The first-order chi connectivity index (χ1) is 50.7. The summed E-state index contributed by atoms with van der Waals surface area (Å²) in [5.41, 5.74) is 0.137. The molecule has 2 aliphatic carbocycles. The highest BCUT2D eigenvalue weighted by Crippen LogP contribution is 2.68. The van der Waals surface area contributed by atoms with Crippen molar-refractivity contribution in [3.05, 3.63) is 160 Å². The number of β-amino-alcohol motifs (C(OH)–C–C–N with tert-alkyl or cyclic N) is 1. The van der Waals surface area contributed by atoms with E-state index in [2.05, 4.69) is 35.6 Å². The molecule has 1 saturated carbocycles. The van der Waals surface area contributed by atoms with E-state index >= 15 is 0 Å². The second-order valence-electron chi connectivity index (χ2n) is 29.7. The number of unbranched alkanes of at least 4 members (excludes halogenated alkanes) is 2. The second-order valence-corrected chi connectivity index (χ2v) is 35.7. The van der Waals surface area contributed by atoms with E-state index in [0.717, 1.165) is 61.1 Å². The minimum Gasteiger partial charge on any atom is -0.391 e. The molecule has 0 bridgehead atoms. The fourth-order valence-electron chi connectivity index (χ4n) is 14.6. The summed E-state index contributed by atoms with van der Waals surface area (Å²) in [6.07, 6.45) is 2.34. The van der Waals surface area contributed by atoms with Gasteiger partial charge in [0.1, 0.15) is 17.0 Å². The third-order valence-electron chi connectivity index (χ3n) is 21.0. The molecule has 5 amide bonds. The molecule has 30 heteroatoms. The number of amides is 5. The summed E-state index contributed by atoms with van der Waals surface area (Å²) >= 11 is 9.09. The van der Waals surface area contributed by atoms with Crippen molar-refractivity contribution in [2.75, 3.05) is 88.0 Å². The Labute approximate surface area is 635 Å². The number of carbonyl (C=O) groups excluding carboxylic acids is 5. The number of aliphatic hydroxyl groups excluding tert-OH is 1. The molecular formula is C77H92ClF5N10O10S4. The summed E-state index contributed by atoms with van der Waals surface area (Å²) in [6, 6.07) is 29.7. The van der Waals surface area contributed by atoms with Crippen molar-refractivity contribution in [1.29, 1.82) is 0 Å². The minimum atomic E-state index is -6.21. The Morgan fingerprint density at radius 1 is 0.794 bits per heavy atom. The number of hydrogen-bond acceptors (Lipinski definition) is 17. The normalized spacial score (nSPS) is 20.4. The number of rotatable bonds is 28. The summed E-state index contributed by atoms with van der Waals surface area (Å²) in [7, 11) is -11.2. The van der Waals surface area contributed by atoms with Gasteiger partial charge >= 0.3 is 5.51 Å². The highest BCUT2D eigenvalue weighted by Gasteiger charge is 2.71. The van der Waals surface area contributed by atoms with Crippen molar-refractivity contribution in [2.24, 2.45) is 10.8 Å². The molecule has 5 N–H and O–H groups in total. The molecule has 3 aliphatic heterocycles. The molecule has 1 aromatic heterocycles. The minimum absolute atomic E-state index is 0.0408. The van der Waals surface area contributed by atoms with Crippen LogP contribution in [0.15, 0.2) is 147 Å². The number of thiazole rings is 1. The van der Waals surface area contributed by atoms with Gasteiger partial charge in [-0.25, -0.2) is 35.3 Å². The van der Waals surface area contributed by atoms with E-state index in [1.165, 1.54) is 28.8 Å². The van der Waals surface area contributed by atoms with E-state index in [4.69, 9.17) is 11.6 Å². The molecule has 4 fully saturated rings. The molecule has 107 heavy (non-hydrogen) atoms. The molecule has 5 aromatic carbocycles. The van der Waals surface area contributed by atoms with E-state index in [1.807, 2.05) is 106 Å². The quantitative estimate of drug-likeness (QED) is 0.0174. The molecule has 576 valence electrons. The van der Waals surface area contributed by atoms with Gasteiger partial charge in [0.05, 0.1) is 38.8 Å². The number of halogens is 6. The Morgan fingerprint density at radius 3 is 2.08 bits per heavy atom. The summed E-state index contributed by atoms with van der Waals surface area (Å²) < 4.78 is 130. The van der Waals surface area contributed by atoms with Gasteiger partial charge in [-0.2, -0.15) is 13.2 Å². The lowest BCUT2D eigenvalue weighted by Crippen LogP contribution is -2.57. The van der Waals surface area contributed by atoms with Crippen LogP contribution in [0.2, 0.25) is 5.02 Å². The van der Waals surface area contributed by atoms with E-state index < -0.39 is 106 Å². The number of aromatic nitrogens is 1. The van der Waals surface area contributed by atoms with Gasteiger partial charge in [0.25, 0.3) is 31.7 Å². The van der Waals surface area contributed by atoms with Crippen LogP contribution in [0.25, 0.3) is 16.0 Å². The first kappa shape index (κ1) is 80.5. The van der Waals surface area contributed by atoms with E-state index in [1.54, 1.807) is 46.0 Å². The Morgan fingerprint density at radius 2 is 1.45 bits per heavy atom. The number of hydrogen-bond donors (Lipinski definition) is 5. The van der Waals surface area contributed by atoms with E-state index in [9.17, 15) is 67.9 Å². The standard InChI is InChI=1S/C77H92ClF5N10O10S4/c1-50(52-16-18-54(19-17-52)69-51(2)84-49-105-69)85-72(98)65-42-60(94)46-93(65)73(99)70(74(3,4)5)87-67(95)14-10-7-11-15-68(96)92-40-34-89(35-41-92)33-31-58(47-104-61-12-8-6-9-13-61)86-64-29-28-62(43-66(64)106(100,101)77(81,82)83)107(102,103)88-71(97)55-22-26-59(27-23-55)91-38-36-90(37-39-91)45-56-44-75(48-76(75,79)80)32-30-63(56)53-20-24-57(78)25-21-53/h6,8-9,12-13,16-29,43,49-50,58,60,65,70,86,94H,7,10-11,14-15,30-42,44-48H2,1-5H3,(H,85,98)(H,87,95)(H,88,97)/t50-,58+,60+,65-,70+,75?/m0/s1. The van der Waals surface area contributed by atoms with Gasteiger partial charge in [-0.05, 0) is 147 Å². The third kappa shape index (κ3) is 19.7. The van der Waals surface area contributed by atoms with Crippen LogP contribution in [0.4, 0.5) is 33.3 Å². The van der Waals surface area contributed by atoms with Gasteiger partial charge in [0.2, 0.25) is 23.6 Å². The van der Waals surface area contributed by atoms with Crippen molar-refractivity contribution in [3.8, 4) is 10.4 Å². The Hall–Kier alpha value is -7.51. The number of sulfone groups is 1. The molecule has 4 heterocycles. The Kier molecular flexibility index (Phi) is 25.4. The Balaban J connectivity index is 0.645. The third-order valence-corrected chi connectivity index (χ3v) is 26.3. The number of anilines is 2. The van der Waals surface area contributed by atoms with Crippen LogP contribution in [-0.2, 0) is 39.0 Å². The van der Waals surface area contributed by atoms with Gasteiger partial charge < -0.3 is 35.8 Å². The monoisotopic (exact) mass is 1570 g/mol. The van der Waals surface area contributed by atoms with Crippen LogP contribution in [0.1, 0.15) is 132 Å². The number of allylic oxidation sites excluding steroid dienone is 1. The average Bonchev–Trinajstić information content (AvgIpc) is 1.58. The fourth-order valence-corrected chi connectivity index (χ4v) is 18.6. The number of sulfonamides is 1. The number of aliphatic hydroxyl groups is 1. The van der Waals surface area contributed by atoms with Gasteiger partial charge in [0, 0.05) is 136 Å². The summed E-state index contributed by atoms with van der Waals surface area (Å²) in [5.74, 6) is -4.89. The Bertz CT molecular complexity index is 4440. The molecular weight excluding hydrogens is 1480 g/mol. The predicted octanol–water partition coefficient (Wildman–Crippen LogP) is 12.4. The molecule has 5 aliphatic rings. The maximum absolute atomic E-state index is 14.7. The van der Waals surface area contributed by atoms with Gasteiger partial charge in [-0.1, -0.05) is 99.0 Å². The number of benzene rings is 5. The number of nitrogens with zero attached hydrogens (tertiary/aromatic N) is 6. The van der Waals surface area contributed by atoms with Gasteiger partial charge in [-0.3, -0.25) is 33.8 Å². The first-order valence-electron chi connectivity index (χ1n) is 36.2. The van der Waals surface area contributed by atoms with Crippen LogP contribution in [-0.4, -0.2) is 189 Å². The SMILES string of the molecule is Cc1ncsc1-c1ccc([C@H](C)NC(=O)[C@@H]2C[C@@H](O)CN2C(=O)[C@@H](NC(=O)CCCCCC(=O)N2CCN(CC[C@H](CSc3ccccc3)Nc3ccc(S(=O)(=O)NC(=O)c4ccc(N5CCN(CC6=C(c7ccc(Cl)cc7)CCC7(C6)CC7(F)F)CC5)cc4)cc3S(=O)(=O)C(F)(F)F)CC2)C(C)(C)C)cc1. The molecule has 1 spiro atoms. The zero-order valence-electron chi connectivity index (χ0n) is 60.5. The molecule has 6 atom stereocenters. The number of likely N-dealkylation sites (tertiary alicyclic amines) is 1. The largest absolute Gasteiger partial charge is 0.501 e. The van der Waals surface area contributed by atoms with Crippen molar-refractivity contribution < 1.29 is 67.9 Å². The van der Waals surface area contributed by atoms with Crippen molar-refractivity contribution in [2.45, 2.75) is 162 Å². The van der Waals surface area contributed by atoms with Crippen LogP contribution >= 0.6 is 34.7 Å². The second kappa shape index (κ2) is 33.8. The topological polar surface area (TPSA) is 251 Å². The zero-order chi connectivity index (χ0) is 76.8. The summed E-state index contributed by atoms with van der Waals surface area (Å²) in [5, 5.41) is 20.3. The summed E-state index contributed by atoms with van der Waals surface area (Å²) in [6.45, 7) is 14.1. The molecule has 6 aromatic rings. The lowest BCUT2D eigenvalue weighted by Gasteiger charge is -2.38. The summed E-state index contributed by atoms with van der Waals surface area (Å²) in [4.78, 5) is 82.2. The maximum atomic E-state index is 14.7. The molecule has 11 rings (SSSR count). The predicted molar refractivity (Wildman–Crippen MR) is 405 cm³/mol.